The van der Waals surface area contributed by atoms with E-state index in [0.29, 0.717) is 11.6 Å². The zero-order valence-electron chi connectivity index (χ0n) is 14.4. The quantitative estimate of drug-likeness (QED) is 0.828. The van der Waals surface area contributed by atoms with Crippen LogP contribution in [-0.4, -0.2) is 38.8 Å². The van der Waals surface area contributed by atoms with E-state index in [1.54, 1.807) is 0 Å². The maximum absolute atomic E-state index is 12.8. The van der Waals surface area contributed by atoms with Gasteiger partial charge in [-0.1, -0.05) is 0 Å². The highest BCUT2D eigenvalue weighted by molar-refractivity contribution is 5.92. The maximum Gasteiger partial charge on any atom is 0.432 e. The fourth-order valence-electron chi connectivity index (χ4n) is 3.51. The smallest absolute Gasteiger partial charge is 0.432 e. The lowest BCUT2D eigenvalue weighted by atomic mass is 9.50. The van der Waals surface area contributed by atoms with Crippen molar-refractivity contribution < 1.29 is 22.7 Å². The zero-order valence-corrected chi connectivity index (χ0v) is 14.4. The first-order valence-electron chi connectivity index (χ1n) is 8.35. The molecule has 2 N–H and O–H groups in total. The van der Waals surface area contributed by atoms with Crippen LogP contribution in [0, 0.1) is 5.92 Å². The average Bonchev–Trinajstić information content (AvgIpc) is 3.04. The van der Waals surface area contributed by atoms with Crippen molar-refractivity contribution in [1.82, 2.24) is 25.5 Å². The molecule has 3 aliphatic carbocycles. The fourth-order valence-corrected chi connectivity index (χ4v) is 3.51. The Kier molecular flexibility index (Phi) is 3.97. The first-order chi connectivity index (χ1) is 12.8. The maximum atomic E-state index is 12.8. The van der Waals surface area contributed by atoms with Gasteiger partial charge in [0.1, 0.15) is 5.69 Å². The predicted octanol–water partition coefficient (Wildman–Crippen LogP) is 2.50. The molecule has 0 atom stereocenters. The van der Waals surface area contributed by atoms with Crippen LogP contribution in [0.4, 0.5) is 23.7 Å². The minimum atomic E-state index is -4.53. The van der Waals surface area contributed by atoms with E-state index < -0.39 is 17.9 Å². The van der Waals surface area contributed by atoms with Crippen molar-refractivity contribution in [2.45, 2.75) is 37.5 Å². The number of aromatic amines is 1. The summed E-state index contributed by atoms with van der Waals surface area (Å²) in [5, 5.41) is 8.61. The van der Waals surface area contributed by atoms with Crippen LogP contribution in [0.2, 0.25) is 0 Å². The largest absolute Gasteiger partial charge is 0.467 e. The third kappa shape index (κ3) is 3.28. The van der Waals surface area contributed by atoms with Gasteiger partial charge in [-0.25, -0.2) is 14.8 Å². The molecule has 0 saturated heterocycles. The van der Waals surface area contributed by atoms with Crippen LogP contribution >= 0.6 is 0 Å². The van der Waals surface area contributed by atoms with Gasteiger partial charge in [-0.05, 0) is 31.2 Å². The molecule has 2 aromatic heterocycles. The third-order valence-electron chi connectivity index (χ3n) is 5.02. The molecule has 5 rings (SSSR count). The SMILES string of the molecule is COc1ncc(N(Cc2cc(C(F)(F)F)[nH]n2)C(=O)NC23CC(C2)C3)cn1. The predicted molar refractivity (Wildman–Crippen MR) is 87.0 cm³/mol. The van der Waals surface area contributed by atoms with E-state index in [4.69, 9.17) is 4.74 Å². The van der Waals surface area contributed by atoms with Gasteiger partial charge in [0, 0.05) is 5.54 Å². The lowest BCUT2D eigenvalue weighted by molar-refractivity contribution is -0.141. The number of carbonyl (C=O) groups excluding carboxylic acids is 1. The van der Waals surface area contributed by atoms with E-state index in [9.17, 15) is 18.0 Å². The number of alkyl halides is 3. The Bertz CT molecular complexity index is 834. The number of H-pyrrole nitrogens is 1. The molecule has 0 aromatic carbocycles. The lowest BCUT2D eigenvalue weighted by Gasteiger charge is -2.62. The summed E-state index contributed by atoms with van der Waals surface area (Å²) >= 11 is 0. The number of ether oxygens (including phenoxy) is 1. The van der Waals surface area contributed by atoms with Crippen molar-refractivity contribution in [2.75, 3.05) is 12.0 Å². The number of nitrogens with zero attached hydrogens (tertiary/aromatic N) is 4. The Labute approximate surface area is 152 Å². The Morgan fingerprint density at radius 2 is 2.04 bits per heavy atom. The van der Waals surface area contributed by atoms with Gasteiger partial charge in [-0.15, -0.1) is 0 Å². The first kappa shape index (κ1) is 17.6. The Balaban J connectivity index is 1.56. The van der Waals surface area contributed by atoms with E-state index in [2.05, 4.69) is 20.4 Å². The van der Waals surface area contributed by atoms with Crippen molar-refractivity contribution in [3.05, 3.63) is 29.8 Å². The number of anilines is 1. The normalized spacial score (nSPS) is 23.2. The minimum Gasteiger partial charge on any atom is -0.467 e. The lowest BCUT2D eigenvalue weighted by Crippen LogP contribution is -2.69. The van der Waals surface area contributed by atoms with Crippen LogP contribution in [-0.2, 0) is 12.7 Å². The molecule has 8 nitrogen and oxygen atoms in total. The summed E-state index contributed by atoms with van der Waals surface area (Å²) in [7, 11) is 1.41. The number of rotatable bonds is 5. The molecule has 144 valence electrons. The number of halogens is 3. The van der Waals surface area contributed by atoms with E-state index >= 15 is 0 Å². The molecule has 2 amide bonds. The number of carbonyl (C=O) groups is 1. The summed E-state index contributed by atoms with van der Waals surface area (Å²) < 4.78 is 43.3. The number of urea groups is 1. The van der Waals surface area contributed by atoms with Crippen LogP contribution < -0.4 is 15.0 Å². The highest BCUT2D eigenvalue weighted by Gasteiger charge is 2.57. The summed E-state index contributed by atoms with van der Waals surface area (Å²) in [6.45, 7) is -0.159. The fraction of sp³-hybridized carbons (Fsp3) is 0.500. The first-order valence-corrected chi connectivity index (χ1v) is 8.35. The van der Waals surface area contributed by atoms with Crippen molar-refractivity contribution >= 4 is 11.7 Å². The van der Waals surface area contributed by atoms with Gasteiger partial charge in [0.2, 0.25) is 0 Å². The Morgan fingerprint density at radius 1 is 1.37 bits per heavy atom. The molecule has 11 heteroatoms. The highest BCUT2D eigenvalue weighted by Crippen LogP contribution is 2.57. The molecule has 3 saturated carbocycles. The van der Waals surface area contributed by atoms with Gasteiger partial charge in [0.05, 0.1) is 37.4 Å². The molecule has 0 aliphatic heterocycles. The number of nitrogens with one attached hydrogen (secondary N) is 2. The molecular formula is C16H17F3N6O2. The van der Waals surface area contributed by atoms with Gasteiger partial charge in [0.25, 0.3) is 0 Å². The molecule has 0 radical (unpaired) electrons. The van der Waals surface area contributed by atoms with Gasteiger partial charge < -0.3 is 10.1 Å². The zero-order chi connectivity index (χ0) is 19.2. The van der Waals surface area contributed by atoms with Gasteiger partial charge in [-0.2, -0.15) is 18.3 Å². The van der Waals surface area contributed by atoms with E-state index in [-0.39, 0.29) is 23.8 Å². The minimum absolute atomic E-state index is 0.0749. The van der Waals surface area contributed by atoms with Crippen molar-refractivity contribution in [3.8, 4) is 6.01 Å². The second-order valence-electron chi connectivity index (χ2n) is 6.97. The number of hydrogen-bond acceptors (Lipinski definition) is 5. The highest BCUT2D eigenvalue weighted by atomic mass is 19.4. The van der Waals surface area contributed by atoms with Crippen molar-refractivity contribution in [3.63, 3.8) is 0 Å². The topological polar surface area (TPSA) is 96.0 Å². The average molecular weight is 382 g/mol. The second-order valence-corrected chi connectivity index (χ2v) is 6.97. The molecule has 3 fully saturated rings. The molecule has 2 aromatic rings. The molecular weight excluding hydrogens is 365 g/mol. The van der Waals surface area contributed by atoms with Gasteiger partial charge in [0.15, 0.2) is 0 Å². The van der Waals surface area contributed by atoms with Crippen LogP contribution in [0.1, 0.15) is 30.7 Å². The summed E-state index contributed by atoms with van der Waals surface area (Å²) in [6.07, 6.45) is 1.04. The standard InChI is InChI=1S/C16H17F3N6O2/c1-27-13-20-6-11(7-21-13)25(14(26)22-15-3-9(4-15)5-15)8-10-2-12(24-23-10)16(17,18)19/h2,6-7,9H,3-5,8H2,1H3,(H,22,26)(H,23,24). The summed E-state index contributed by atoms with van der Waals surface area (Å²) in [6, 6.07) is 0.585. The molecule has 2 heterocycles. The summed E-state index contributed by atoms with van der Waals surface area (Å²) in [4.78, 5) is 22.0. The van der Waals surface area contributed by atoms with Crippen LogP contribution in [0.5, 0.6) is 6.01 Å². The Morgan fingerprint density at radius 3 is 2.52 bits per heavy atom. The summed E-state index contributed by atoms with van der Waals surface area (Å²) in [5.41, 5.74) is -0.749. The number of aromatic nitrogens is 4. The molecule has 2 bridgehead atoms. The van der Waals surface area contributed by atoms with E-state index in [1.807, 2.05) is 5.10 Å². The van der Waals surface area contributed by atoms with Crippen LogP contribution in [0.25, 0.3) is 0 Å². The van der Waals surface area contributed by atoms with E-state index in [0.717, 1.165) is 25.3 Å². The van der Waals surface area contributed by atoms with E-state index in [1.165, 1.54) is 24.4 Å². The number of methoxy groups -OCH3 is 1. The number of hydrogen-bond donors (Lipinski definition) is 2. The van der Waals surface area contributed by atoms with Gasteiger partial charge >= 0.3 is 18.2 Å². The molecule has 27 heavy (non-hydrogen) atoms. The molecule has 0 unspecified atom stereocenters. The van der Waals surface area contributed by atoms with Crippen LogP contribution in [0.3, 0.4) is 0 Å². The third-order valence-corrected chi connectivity index (χ3v) is 5.02. The van der Waals surface area contributed by atoms with Crippen molar-refractivity contribution in [2.24, 2.45) is 5.92 Å². The van der Waals surface area contributed by atoms with Crippen LogP contribution in [0.15, 0.2) is 18.5 Å². The molecule has 0 spiro atoms. The second kappa shape index (κ2) is 6.10. The Hall–Kier alpha value is -2.85. The van der Waals surface area contributed by atoms with Gasteiger partial charge in [-0.3, -0.25) is 10.00 Å². The monoisotopic (exact) mass is 382 g/mol. The number of amides is 2. The molecule has 3 aliphatic rings. The van der Waals surface area contributed by atoms with Crippen molar-refractivity contribution in [1.29, 1.82) is 0 Å². The summed E-state index contributed by atoms with van der Waals surface area (Å²) in [5.74, 6) is 0.670.